The minimum absolute atomic E-state index is 0.362. The molecule has 1 aromatic carbocycles. The molecule has 0 atom stereocenters. The maximum Gasteiger partial charge on any atom is 0.355 e. The molecule has 0 saturated carbocycles. The number of carbonyl (C=O) groups excluding carboxylic acids is 1. The summed E-state index contributed by atoms with van der Waals surface area (Å²) in [7, 11) is 1.60. The van der Waals surface area contributed by atoms with Gasteiger partial charge in [0.2, 0.25) is 0 Å². The van der Waals surface area contributed by atoms with Crippen molar-refractivity contribution in [3.63, 3.8) is 0 Å². The maximum absolute atomic E-state index is 12.0. The Labute approximate surface area is 120 Å². The molecule has 102 valence electrons. The van der Waals surface area contributed by atoms with Gasteiger partial charge < -0.3 is 14.5 Å². The van der Waals surface area contributed by atoms with Crippen LogP contribution in [-0.4, -0.2) is 23.7 Å². The van der Waals surface area contributed by atoms with Gasteiger partial charge in [-0.1, -0.05) is 0 Å². The van der Waals surface area contributed by atoms with E-state index in [9.17, 15) is 4.79 Å². The zero-order valence-electron chi connectivity index (χ0n) is 11.3. The van der Waals surface area contributed by atoms with Crippen molar-refractivity contribution < 1.29 is 14.3 Å². The normalized spacial score (nSPS) is 11.6. The van der Waals surface area contributed by atoms with Crippen LogP contribution in [0.4, 0.5) is 0 Å². The molecule has 19 heavy (non-hydrogen) atoms. The van der Waals surface area contributed by atoms with Gasteiger partial charge in [-0.05, 0) is 48.8 Å². The van der Waals surface area contributed by atoms with Gasteiger partial charge in [0.25, 0.3) is 0 Å². The Morgan fingerprint density at radius 3 is 2.53 bits per heavy atom. The van der Waals surface area contributed by atoms with Crippen LogP contribution in [-0.2, 0) is 4.74 Å². The van der Waals surface area contributed by atoms with Crippen molar-refractivity contribution in [2.75, 3.05) is 7.11 Å². The van der Waals surface area contributed by atoms with E-state index in [4.69, 9.17) is 9.47 Å². The molecule has 0 spiro atoms. The molecule has 0 aliphatic carbocycles. The number of hydrogen-bond acceptors (Lipinski definition) is 3. The quantitative estimate of drug-likeness (QED) is 0.852. The number of rotatable bonds is 2. The van der Waals surface area contributed by atoms with Gasteiger partial charge in [-0.3, -0.25) is 0 Å². The molecule has 0 saturated heterocycles. The van der Waals surface area contributed by atoms with E-state index in [1.165, 1.54) is 0 Å². The van der Waals surface area contributed by atoms with Crippen LogP contribution in [0.1, 0.15) is 31.3 Å². The minimum atomic E-state index is -0.507. The number of aromatic nitrogens is 1. The first-order valence-corrected chi connectivity index (χ1v) is 6.69. The standard InChI is InChI=1S/C14H16BrNO3/c1-14(2,3)19-13(17)11-6-8-5-9(15)12(18-4)7-10(8)16-11/h5-7,16H,1-4H3. The van der Waals surface area contributed by atoms with Crippen molar-refractivity contribution in [1.82, 2.24) is 4.98 Å². The van der Waals surface area contributed by atoms with Crippen LogP contribution >= 0.6 is 15.9 Å². The molecular weight excluding hydrogens is 310 g/mol. The number of ether oxygens (including phenoxy) is 2. The van der Waals surface area contributed by atoms with Gasteiger partial charge in [-0.2, -0.15) is 0 Å². The molecule has 0 bridgehead atoms. The molecule has 0 fully saturated rings. The zero-order valence-corrected chi connectivity index (χ0v) is 12.9. The topological polar surface area (TPSA) is 51.3 Å². The van der Waals surface area contributed by atoms with E-state index in [2.05, 4.69) is 20.9 Å². The molecule has 0 unspecified atom stereocenters. The second-order valence-electron chi connectivity index (χ2n) is 5.26. The van der Waals surface area contributed by atoms with E-state index in [0.29, 0.717) is 11.4 Å². The van der Waals surface area contributed by atoms with Crippen LogP contribution in [0.3, 0.4) is 0 Å². The largest absolute Gasteiger partial charge is 0.495 e. The summed E-state index contributed by atoms with van der Waals surface area (Å²) in [5.74, 6) is 0.351. The smallest absolute Gasteiger partial charge is 0.355 e. The van der Waals surface area contributed by atoms with Crippen molar-refractivity contribution in [3.05, 3.63) is 28.4 Å². The third-order valence-electron chi connectivity index (χ3n) is 2.51. The van der Waals surface area contributed by atoms with Crippen molar-refractivity contribution in [1.29, 1.82) is 0 Å². The fraction of sp³-hybridized carbons (Fsp3) is 0.357. The Kier molecular flexibility index (Phi) is 3.58. The average Bonchev–Trinajstić information content (AvgIpc) is 2.68. The average molecular weight is 326 g/mol. The summed E-state index contributed by atoms with van der Waals surface area (Å²) in [6.07, 6.45) is 0. The van der Waals surface area contributed by atoms with Crippen LogP contribution in [0.5, 0.6) is 5.75 Å². The van der Waals surface area contributed by atoms with Gasteiger partial charge in [-0.15, -0.1) is 0 Å². The van der Waals surface area contributed by atoms with E-state index < -0.39 is 5.60 Å². The van der Waals surface area contributed by atoms with E-state index in [-0.39, 0.29) is 5.97 Å². The van der Waals surface area contributed by atoms with Crippen molar-refractivity contribution >= 4 is 32.8 Å². The van der Waals surface area contributed by atoms with Crippen LogP contribution in [0, 0.1) is 0 Å². The molecule has 2 aromatic rings. The molecule has 0 aliphatic rings. The first kappa shape index (κ1) is 13.9. The summed E-state index contributed by atoms with van der Waals surface area (Å²) < 4.78 is 11.4. The highest BCUT2D eigenvalue weighted by molar-refractivity contribution is 9.10. The summed E-state index contributed by atoms with van der Waals surface area (Å²) in [6.45, 7) is 5.52. The molecule has 1 heterocycles. The van der Waals surface area contributed by atoms with E-state index in [0.717, 1.165) is 15.4 Å². The molecule has 2 rings (SSSR count). The summed E-state index contributed by atoms with van der Waals surface area (Å²) in [4.78, 5) is 15.0. The third-order valence-corrected chi connectivity index (χ3v) is 3.13. The van der Waals surface area contributed by atoms with Crippen LogP contribution in [0.25, 0.3) is 10.9 Å². The molecule has 4 nitrogen and oxygen atoms in total. The fourth-order valence-corrected chi connectivity index (χ4v) is 2.26. The Hall–Kier alpha value is -1.49. The number of benzene rings is 1. The maximum atomic E-state index is 12.0. The lowest BCUT2D eigenvalue weighted by molar-refractivity contribution is 0.00639. The number of halogens is 1. The van der Waals surface area contributed by atoms with Gasteiger partial charge in [0, 0.05) is 17.0 Å². The molecule has 0 amide bonds. The summed E-state index contributed by atoms with van der Waals surface area (Å²) >= 11 is 3.42. The molecule has 5 heteroatoms. The number of hydrogen-bond donors (Lipinski definition) is 1. The van der Waals surface area contributed by atoms with Gasteiger partial charge in [0.15, 0.2) is 0 Å². The van der Waals surface area contributed by atoms with Gasteiger partial charge in [0.1, 0.15) is 17.0 Å². The lowest BCUT2D eigenvalue weighted by Gasteiger charge is -2.18. The highest BCUT2D eigenvalue weighted by atomic mass is 79.9. The highest BCUT2D eigenvalue weighted by Crippen LogP contribution is 2.30. The number of carbonyl (C=O) groups is 1. The molecule has 0 radical (unpaired) electrons. The highest BCUT2D eigenvalue weighted by Gasteiger charge is 2.19. The predicted octanol–water partition coefficient (Wildman–Crippen LogP) is 3.89. The summed E-state index contributed by atoms with van der Waals surface area (Å²) in [5.41, 5.74) is 0.762. The van der Waals surface area contributed by atoms with Crippen molar-refractivity contribution in [3.8, 4) is 5.75 Å². The number of H-pyrrole nitrogens is 1. The first-order chi connectivity index (χ1) is 8.80. The number of methoxy groups -OCH3 is 1. The SMILES string of the molecule is COc1cc2[nH]c(C(=O)OC(C)(C)C)cc2cc1Br. The summed E-state index contributed by atoms with van der Waals surface area (Å²) in [5, 5.41) is 0.925. The van der Waals surface area contributed by atoms with E-state index >= 15 is 0 Å². The van der Waals surface area contributed by atoms with Gasteiger partial charge in [0.05, 0.1) is 11.6 Å². The molecule has 1 aromatic heterocycles. The Morgan fingerprint density at radius 2 is 1.95 bits per heavy atom. The molecule has 0 aliphatic heterocycles. The number of nitrogens with one attached hydrogen (secondary N) is 1. The summed E-state index contributed by atoms with van der Waals surface area (Å²) in [6, 6.07) is 5.51. The van der Waals surface area contributed by atoms with Crippen molar-refractivity contribution in [2.45, 2.75) is 26.4 Å². The number of esters is 1. The first-order valence-electron chi connectivity index (χ1n) is 5.90. The Bertz CT molecular complexity index is 625. The van der Waals surface area contributed by atoms with E-state index in [1.54, 1.807) is 13.2 Å². The van der Waals surface area contributed by atoms with Gasteiger partial charge in [-0.25, -0.2) is 4.79 Å². The van der Waals surface area contributed by atoms with Crippen LogP contribution < -0.4 is 4.74 Å². The number of aromatic amines is 1. The lowest BCUT2D eigenvalue weighted by Crippen LogP contribution is -2.24. The van der Waals surface area contributed by atoms with Gasteiger partial charge >= 0.3 is 5.97 Å². The second-order valence-corrected chi connectivity index (χ2v) is 6.11. The fourth-order valence-electron chi connectivity index (χ4n) is 1.73. The second kappa shape index (κ2) is 4.89. The molecule has 1 N–H and O–H groups in total. The predicted molar refractivity (Wildman–Crippen MR) is 77.7 cm³/mol. The Balaban J connectivity index is 2.39. The number of fused-ring (bicyclic) bond motifs is 1. The van der Waals surface area contributed by atoms with Crippen LogP contribution in [0.15, 0.2) is 22.7 Å². The van der Waals surface area contributed by atoms with E-state index in [1.807, 2.05) is 32.9 Å². The lowest BCUT2D eigenvalue weighted by atomic mass is 10.2. The third kappa shape index (κ3) is 3.10. The van der Waals surface area contributed by atoms with Crippen LogP contribution in [0.2, 0.25) is 0 Å². The minimum Gasteiger partial charge on any atom is -0.495 e. The molecular formula is C14H16BrNO3. The van der Waals surface area contributed by atoms with Crippen molar-refractivity contribution in [2.24, 2.45) is 0 Å². The zero-order chi connectivity index (χ0) is 14.2. The monoisotopic (exact) mass is 325 g/mol. The Morgan fingerprint density at radius 1 is 1.26 bits per heavy atom.